The molecule has 0 radical (unpaired) electrons. The third kappa shape index (κ3) is 5.76. The highest BCUT2D eigenvalue weighted by Gasteiger charge is 2.21. The number of hydrogen-bond donors (Lipinski definition) is 1. The maximum atomic E-state index is 13.4. The van der Waals surface area contributed by atoms with Gasteiger partial charge in [-0.25, -0.2) is 18.2 Å². The van der Waals surface area contributed by atoms with Gasteiger partial charge in [0.2, 0.25) is 10.0 Å². The van der Waals surface area contributed by atoms with Crippen molar-refractivity contribution in [2.75, 3.05) is 17.1 Å². The van der Waals surface area contributed by atoms with E-state index in [2.05, 4.69) is 10.5 Å². The van der Waals surface area contributed by atoms with Gasteiger partial charge in [0.15, 0.2) is 0 Å². The number of anilines is 1. The number of nitro groups is 1. The van der Waals surface area contributed by atoms with Gasteiger partial charge in [-0.05, 0) is 42.5 Å². The Morgan fingerprint density at radius 1 is 1.22 bits per heavy atom. The van der Waals surface area contributed by atoms with E-state index in [-0.39, 0.29) is 17.1 Å². The number of furan rings is 1. The number of non-ortho nitro benzene ring substituents is 1. The molecule has 1 N–H and O–H groups in total. The molecule has 0 bridgehead atoms. The summed E-state index contributed by atoms with van der Waals surface area (Å²) in [5, 5.41) is 14.4. The van der Waals surface area contributed by atoms with Crippen LogP contribution in [0.1, 0.15) is 5.76 Å². The maximum absolute atomic E-state index is 13.4. The molecule has 10 nitrogen and oxygen atoms in total. The lowest BCUT2D eigenvalue weighted by Crippen LogP contribution is -2.39. The molecule has 1 aromatic heterocycles. The smallest absolute Gasteiger partial charge is 0.269 e. The fourth-order valence-corrected chi connectivity index (χ4v) is 3.54. The fourth-order valence-electron chi connectivity index (χ4n) is 2.69. The van der Waals surface area contributed by atoms with Crippen LogP contribution in [0.3, 0.4) is 0 Å². The first-order chi connectivity index (χ1) is 15.1. The van der Waals surface area contributed by atoms with Gasteiger partial charge in [-0.1, -0.05) is 6.07 Å². The SMILES string of the molecule is CS(=O)(=O)N(CC(=O)N/N=C/c1ccc(-c2ccc([N+](=O)[O-])cc2)o1)c1cccc(F)c1. The number of rotatable bonds is 8. The van der Waals surface area contributed by atoms with Gasteiger partial charge in [0.25, 0.3) is 11.6 Å². The minimum atomic E-state index is -3.85. The summed E-state index contributed by atoms with van der Waals surface area (Å²) in [5.74, 6) is -0.680. The Kier molecular flexibility index (Phi) is 6.64. The Bertz CT molecular complexity index is 1270. The Morgan fingerprint density at radius 2 is 1.94 bits per heavy atom. The number of amides is 1. The molecule has 3 rings (SSSR count). The molecule has 0 aliphatic rings. The molecule has 0 aliphatic heterocycles. The largest absolute Gasteiger partial charge is 0.455 e. The van der Waals surface area contributed by atoms with Crippen molar-refractivity contribution in [2.24, 2.45) is 5.10 Å². The van der Waals surface area contributed by atoms with E-state index in [0.717, 1.165) is 22.7 Å². The average Bonchev–Trinajstić information content (AvgIpc) is 3.20. The number of hydrazone groups is 1. The number of hydrogen-bond acceptors (Lipinski definition) is 7. The standard InChI is InChI=1S/C20H17FN4O6S/c1-32(29,30)24(17-4-2-3-15(21)11-17)13-20(26)23-22-12-18-9-10-19(31-18)14-5-7-16(8-6-14)25(27)28/h2-12H,13H2,1H3,(H,23,26)/b22-12+. The number of sulfonamides is 1. The summed E-state index contributed by atoms with van der Waals surface area (Å²) in [5.41, 5.74) is 2.75. The number of carbonyl (C=O) groups excluding carboxylic acids is 1. The third-order valence-corrected chi connectivity index (χ3v) is 5.29. The van der Waals surface area contributed by atoms with Crippen LogP contribution in [0, 0.1) is 15.9 Å². The maximum Gasteiger partial charge on any atom is 0.269 e. The molecule has 0 fully saturated rings. The van der Waals surface area contributed by atoms with Crippen molar-refractivity contribution in [3.05, 3.63) is 82.4 Å². The molecule has 1 heterocycles. The molecule has 32 heavy (non-hydrogen) atoms. The van der Waals surface area contributed by atoms with Gasteiger partial charge < -0.3 is 4.42 Å². The first-order valence-corrected chi connectivity index (χ1v) is 10.9. The van der Waals surface area contributed by atoms with Gasteiger partial charge in [0.1, 0.15) is 23.9 Å². The summed E-state index contributed by atoms with van der Waals surface area (Å²) >= 11 is 0. The zero-order valence-electron chi connectivity index (χ0n) is 16.6. The van der Waals surface area contributed by atoms with Crippen LogP contribution in [0.15, 0.2) is 70.2 Å². The van der Waals surface area contributed by atoms with E-state index in [1.807, 2.05) is 0 Å². The zero-order chi connectivity index (χ0) is 23.3. The first kappa shape index (κ1) is 22.6. The van der Waals surface area contributed by atoms with Crippen LogP contribution in [0.25, 0.3) is 11.3 Å². The second-order valence-corrected chi connectivity index (χ2v) is 8.46. The molecule has 3 aromatic rings. The highest BCUT2D eigenvalue weighted by molar-refractivity contribution is 7.92. The van der Waals surface area contributed by atoms with Crippen molar-refractivity contribution in [1.82, 2.24) is 5.43 Å². The van der Waals surface area contributed by atoms with E-state index >= 15 is 0 Å². The van der Waals surface area contributed by atoms with Crippen LogP contribution in [-0.4, -0.2) is 38.3 Å². The van der Waals surface area contributed by atoms with Gasteiger partial charge in [0, 0.05) is 17.7 Å². The highest BCUT2D eigenvalue weighted by atomic mass is 32.2. The minimum Gasteiger partial charge on any atom is -0.455 e. The first-order valence-electron chi connectivity index (χ1n) is 9.03. The number of nitrogens with zero attached hydrogens (tertiary/aromatic N) is 3. The fraction of sp³-hybridized carbons (Fsp3) is 0.100. The Labute approximate surface area is 182 Å². The van der Waals surface area contributed by atoms with E-state index in [4.69, 9.17) is 4.42 Å². The number of nitro benzene ring substituents is 1. The Morgan fingerprint density at radius 3 is 2.56 bits per heavy atom. The quantitative estimate of drug-likeness (QED) is 0.312. The molecular formula is C20H17FN4O6S. The monoisotopic (exact) mass is 460 g/mol. The molecule has 12 heteroatoms. The number of benzene rings is 2. The van der Waals surface area contributed by atoms with Gasteiger partial charge in [-0.2, -0.15) is 5.10 Å². The van der Waals surface area contributed by atoms with Crippen LogP contribution in [0.2, 0.25) is 0 Å². The normalized spacial score (nSPS) is 11.4. The second-order valence-electron chi connectivity index (χ2n) is 6.55. The Balaban J connectivity index is 1.64. The zero-order valence-corrected chi connectivity index (χ0v) is 17.5. The van der Waals surface area contributed by atoms with E-state index in [1.54, 1.807) is 12.1 Å². The van der Waals surface area contributed by atoms with Crippen LogP contribution in [0.5, 0.6) is 0 Å². The second kappa shape index (κ2) is 9.39. The predicted molar refractivity (Wildman–Crippen MR) is 115 cm³/mol. The molecule has 0 saturated carbocycles. The molecule has 0 atom stereocenters. The highest BCUT2D eigenvalue weighted by Crippen LogP contribution is 2.24. The van der Waals surface area contributed by atoms with E-state index < -0.39 is 33.2 Å². The van der Waals surface area contributed by atoms with Crippen molar-refractivity contribution in [3.63, 3.8) is 0 Å². The van der Waals surface area contributed by atoms with Crippen molar-refractivity contribution in [1.29, 1.82) is 0 Å². The summed E-state index contributed by atoms with van der Waals surface area (Å²) in [6, 6.07) is 13.8. The molecule has 0 unspecified atom stereocenters. The summed E-state index contributed by atoms with van der Waals surface area (Å²) in [4.78, 5) is 22.4. The summed E-state index contributed by atoms with van der Waals surface area (Å²) < 4.78 is 43.7. The van der Waals surface area contributed by atoms with Gasteiger partial charge in [-0.3, -0.25) is 19.2 Å². The van der Waals surface area contributed by atoms with Crippen LogP contribution < -0.4 is 9.73 Å². The lowest BCUT2D eigenvalue weighted by atomic mass is 10.1. The molecule has 0 aliphatic carbocycles. The third-order valence-electron chi connectivity index (χ3n) is 4.15. The van der Waals surface area contributed by atoms with Gasteiger partial charge in [0.05, 0.1) is 23.1 Å². The minimum absolute atomic E-state index is 0.00500. The van der Waals surface area contributed by atoms with Crippen LogP contribution in [0.4, 0.5) is 15.8 Å². The van der Waals surface area contributed by atoms with Crippen molar-refractivity contribution in [3.8, 4) is 11.3 Å². The van der Waals surface area contributed by atoms with Crippen molar-refractivity contribution in [2.45, 2.75) is 0 Å². The molecule has 0 saturated heterocycles. The van der Waals surface area contributed by atoms with Gasteiger partial charge >= 0.3 is 0 Å². The van der Waals surface area contributed by atoms with E-state index in [0.29, 0.717) is 11.3 Å². The summed E-state index contributed by atoms with van der Waals surface area (Å²) in [7, 11) is -3.85. The van der Waals surface area contributed by atoms with E-state index in [1.165, 1.54) is 42.6 Å². The van der Waals surface area contributed by atoms with E-state index in [9.17, 15) is 27.7 Å². The predicted octanol–water partition coefficient (Wildman–Crippen LogP) is 2.91. The number of nitrogens with one attached hydrogen (secondary N) is 1. The average molecular weight is 460 g/mol. The van der Waals surface area contributed by atoms with Crippen molar-refractivity contribution < 1.29 is 26.9 Å². The molecule has 0 spiro atoms. The summed E-state index contributed by atoms with van der Waals surface area (Å²) in [6.07, 6.45) is 2.11. The van der Waals surface area contributed by atoms with Crippen molar-refractivity contribution >= 4 is 33.5 Å². The molecule has 166 valence electrons. The number of carbonyl (C=O) groups is 1. The molecular weight excluding hydrogens is 443 g/mol. The summed E-state index contributed by atoms with van der Waals surface area (Å²) in [6.45, 7) is -0.605. The van der Waals surface area contributed by atoms with Crippen LogP contribution in [-0.2, 0) is 14.8 Å². The number of halogens is 1. The molecule has 2 aromatic carbocycles. The van der Waals surface area contributed by atoms with Crippen LogP contribution >= 0.6 is 0 Å². The lowest BCUT2D eigenvalue weighted by Gasteiger charge is -2.21. The van der Waals surface area contributed by atoms with Gasteiger partial charge in [-0.15, -0.1) is 0 Å². The Hall–Kier alpha value is -4.06. The topological polar surface area (TPSA) is 135 Å². The lowest BCUT2D eigenvalue weighted by molar-refractivity contribution is -0.384. The molecule has 1 amide bonds.